The zero-order valence-electron chi connectivity index (χ0n) is 13.2. The highest BCUT2D eigenvalue weighted by atomic mass is 35.5. The maximum absolute atomic E-state index is 13.1. The molecule has 1 amide bonds. The molecule has 0 saturated carbocycles. The Kier molecular flexibility index (Phi) is 5.51. The highest BCUT2D eigenvalue weighted by Gasteiger charge is 2.25. The Hall–Kier alpha value is -1.17. The SMILES string of the molecule is O=C(c1ccc(F)cc1Cl)N1CCN(CC2CCCNC2)CC1. The van der Waals surface area contributed by atoms with Crippen molar-refractivity contribution < 1.29 is 9.18 Å². The van der Waals surface area contributed by atoms with Gasteiger partial charge in [-0.1, -0.05) is 11.6 Å². The monoisotopic (exact) mass is 339 g/mol. The smallest absolute Gasteiger partial charge is 0.255 e. The first-order valence-electron chi connectivity index (χ1n) is 8.31. The number of amides is 1. The number of hydrogen-bond acceptors (Lipinski definition) is 3. The normalized spacial score (nSPS) is 23.0. The topological polar surface area (TPSA) is 35.6 Å². The molecular weight excluding hydrogens is 317 g/mol. The number of benzene rings is 1. The lowest BCUT2D eigenvalue weighted by atomic mass is 9.99. The molecular formula is C17H23ClFN3O. The van der Waals surface area contributed by atoms with Gasteiger partial charge in [0, 0.05) is 32.7 Å². The Morgan fingerprint density at radius 1 is 1.30 bits per heavy atom. The standard InChI is InChI=1S/C17H23ClFN3O/c18-16-10-14(19)3-4-15(16)17(23)22-8-6-21(7-9-22)12-13-2-1-5-20-11-13/h3-4,10,13,20H,1-2,5-9,11-12H2. The predicted molar refractivity (Wildman–Crippen MR) is 89.3 cm³/mol. The van der Waals surface area contributed by atoms with E-state index in [4.69, 9.17) is 11.6 Å². The lowest BCUT2D eigenvalue weighted by molar-refractivity contribution is 0.0610. The predicted octanol–water partition coefficient (Wildman–Crippen LogP) is 2.24. The Morgan fingerprint density at radius 3 is 2.74 bits per heavy atom. The van der Waals surface area contributed by atoms with Crippen LogP contribution in [0.2, 0.25) is 5.02 Å². The van der Waals surface area contributed by atoms with E-state index >= 15 is 0 Å². The molecule has 2 aliphatic rings. The number of nitrogens with one attached hydrogen (secondary N) is 1. The Labute approximate surface area is 141 Å². The number of carbonyl (C=O) groups excluding carboxylic acids is 1. The number of nitrogens with zero attached hydrogens (tertiary/aromatic N) is 2. The molecule has 1 N–H and O–H groups in total. The van der Waals surface area contributed by atoms with Gasteiger partial charge in [0.2, 0.25) is 0 Å². The summed E-state index contributed by atoms with van der Waals surface area (Å²) in [5, 5.41) is 3.63. The fourth-order valence-corrected chi connectivity index (χ4v) is 3.66. The minimum atomic E-state index is -0.419. The van der Waals surface area contributed by atoms with Gasteiger partial charge in [0.25, 0.3) is 5.91 Å². The average molecular weight is 340 g/mol. The van der Waals surface area contributed by atoms with Crippen molar-refractivity contribution in [2.24, 2.45) is 5.92 Å². The molecule has 126 valence electrons. The first kappa shape index (κ1) is 16.7. The molecule has 0 spiro atoms. The molecule has 0 bridgehead atoms. The van der Waals surface area contributed by atoms with Crippen LogP contribution >= 0.6 is 11.6 Å². The van der Waals surface area contributed by atoms with E-state index in [-0.39, 0.29) is 10.9 Å². The molecule has 0 aliphatic carbocycles. The van der Waals surface area contributed by atoms with Gasteiger partial charge in [0.15, 0.2) is 0 Å². The van der Waals surface area contributed by atoms with E-state index in [1.807, 2.05) is 4.90 Å². The third-order valence-electron chi connectivity index (χ3n) is 4.74. The summed E-state index contributed by atoms with van der Waals surface area (Å²) in [6.45, 7) is 6.52. The summed E-state index contributed by atoms with van der Waals surface area (Å²) >= 11 is 6.00. The number of piperazine rings is 1. The molecule has 2 heterocycles. The van der Waals surface area contributed by atoms with Gasteiger partial charge < -0.3 is 10.2 Å². The van der Waals surface area contributed by atoms with Crippen LogP contribution in [0.5, 0.6) is 0 Å². The van der Waals surface area contributed by atoms with Crippen LogP contribution in [0.25, 0.3) is 0 Å². The van der Waals surface area contributed by atoms with Crippen LogP contribution in [-0.4, -0.2) is 61.5 Å². The molecule has 1 atom stereocenters. The lowest BCUT2D eigenvalue weighted by Crippen LogP contribution is -2.50. The van der Waals surface area contributed by atoms with Gasteiger partial charge in [-0.3, -0.25) is 9.69 Å². The summed E-state index contributed by atoms with van der Waals surface area (Å²) < 4.78 is 13.1. The second kappa shape index (κ2) is 7.60. The number of halogens is 2. The van der Waals surface area contributed by atoms with Gasteiger partial charge in [-0.05, 0) is 50.0 Å². The van der Waals surface area contributed by atoms with E-state index in [0.29, 0.717) is 18.7 Å². The molecule has 23 heavy (non-hydrogen) atoms. The Morgan fingerprint density at radius 2 is 2.09 bits per heavy atom. The summed E-state index contributed by atoms with van der Waals surface area (Å²) in [4.78, 5) is 16.8. The van der Waals surface area contributed by atoms with Crippen LogP contribution in [0.15, 0.2) is 18.2 Å². The third-order valence-corrected chi connectivity index (χ3v) is 5.05. The van der Waals surface area contributed by atoms with Crippen LogP contribution in [0, 0.1) is 11.7 Å². The lowest BCUT2D eigenvalue weighted by Gasteiger charge is -2.37. The van der Waals surface area contributed by atoms with E-state index in [9.17, 15) is 9.18 Å². The van der Waals surface area contributed by atoms with E-state index in [2.05, 4.69) is 10.2 Å². The highest BCUT2D eigenvalue weighted by Crippen LogP contribution is 2.20. The second-order valence-corrected chi connectivity index (χ2v) is 6.84. The first-order valence-corrected chi connectivity index (χ1v) is 8.68. The summed E-state index contributed by atoms with van der Waals surface area (Å²) in [6.07, 6.45) is 2.55. The summed E-state index contributed by atoms with van der Waals surface area (Å²) in [5.41, 5.74) is 0.387. The minimum absolute atomic E-state index is 0.103. The zero-order valence-corrected chi connectivity index (χ0v) is 14.0. The second-order valence-electron chi connectivity index (χ2n) is 6.43. The van der Waals surface area contributed by atoms with Crippen molar-refractivity contribution in [1.82, 2.24) is 15.1 Å². The molecule has 2 saturated heterocycles. The molecule has 1 unspecified atom stereocenters. The third kappa shape index (κ3) is 4.22. The summed E-state index contributed by atoms with van der Waals surface area (Å²) in [6, 6.07) is 3.95. The zero-order chi connectivity index (χ0) is 16.2. The summed E-state index contributed by atoms with van der Waals surface area (Å²) in [7, 11) is 0. The van der Waals surface area contributed by atoms with E-state index in [1.54, 1.807) is 0 Å². The van der Waals surface area contributed by atoms with Crippen LogP contribution < -0.4 is 5.32 Å². The highest BCUT2D eigenvalue weighted by molar-refractivity contribution is 6.33. The van der Waals surface area contributed by atoms with Crippen molar-refractivity contribution in [2.75, 3.05) is 45.8 Å². The van der Waals surface area contributed by atoms with Gasteiger partial charge in [0.05, 0.1) is 10.6 Å². The fraction of sp³-hybridized carbons (Fsp3) is 0.588. The van der Waals surface area contributed by atoms with Crippen molar-refractivity contribution in [3.63, 3.8) is 0 Å². The van der Waals surface area contributed by atoms with Crippen molar-refractivity contribution in [3.8, 4) is 0 Å². The van der Waals surface area contributed by atoms with Gasteiger partial charge in [-0.15, -0.1) is 0 Å². The van der Waals surface area contributed by atoms with Crippen molar-refractivity contribution in [1.29, 1.82) is 0 Å². The number of piperidine rings is 1. The number of hydrogen-bond donors (Lipinski definition) is 1. The maximum Gasteiger partial charge on any atom is 0.255 e. The van der Waals surface area contributed by atoms with Gasteiger partial charge in [-0.25, -0.2) is 4.39 Å². The van der Waals surface area contributed by atoms with Gasteiger partial charge >= 0.3 is 0 Å². The van der Waals surface area contributed by atoms with Gasteiger partial charge in [0.1, 0.15) is 5.82 Å². The molecule has 0 aromatic heterocycles. The molecule has 0 radical (unpaired) electrons. The first-order chi connectivity index (χ1) is 11.1. The molecule has 1 aromatic carbocycles. The Balaban J connectivity index is 1.52. The average Bonchev–Trinajstić information content (AvgIpc) is 2.56. The fourth-order valence-electron chi connectivity index (χ4n) is 3.41. The van der Waals surface area contributed by atoms with E-state index in [1.165, 1.54) is 31.0 Å². The van der Waals surface area contributed by atoms with Crippen molar-refractivity contribution in [3.05, 3.63) is 34.6 Å². The molecule has 1 aromatic rings. The van der Waals surface area contributed by atoms with E-state index < -0.39 is 5.82 Å². The molecule has 2 fully saturated rings. The largest absolute Gasteiger partial charge is 0.336 e. The quantitative estimate of drug-likeness (QED) is 0.917. The van der Waals surface area contributed by atoms with Crippen LogP contribution in [0.3, 0.4) is 0 Å². The van der Waals surface area contributed by atoms with Crippen molar-refractivity contribution in [2.45, 2.75) is 12.8 Å². The molecule has 6 heteroatoms. The number of rotatable bonds is 3. The van der Waals surface area contributed by atoms with Crippen molar-refractivity contribution >= 4 is 17.5 Å². The van der Waals surface area contributed by atoms with Crippen LogP contribution in [0.4, 0.5) is 4.39 Å². The molecule has 2 aliphatic heterocycles. The summed E-state index contributed by atoms with van der Waals surface area (Å²) in [5.74, 6) is 0.198. The minimum Gasteiger partial charge on any atom is -0.336 e. The number of carbonyl (C=O) groups is 1. The van der Waals surface area contributed by atoms with Gasteiger partial charge in [-0.2, -0.15) is 0 Å². The molecule has 3 rings (SSSR count). The van der Waals surface area contributed by atoms with Crippen LogP contribution in [0.1, 0.15) is 23.2 Å². The van der Waals surface area contributed by atoms with E-state index in [0.717, 1.165) is 38.6 Å². The maximum atomic E-state index is 13.1. The Bertz CT molecular complexity index is 555. The van der Waals surface area contributed by atoms with Crippen LogP contribution in [-0.2, 0) is 0 Å². The molecule has 4 nitrogen and oxygen atoms in total.